The number of nitrogens with zero attached hydrogens (tertiary/aromatic N) is 2. The summed E-state index contributed by atoms with van der Waals surface area (Å²) in [5.41, 5.74) is 4.61. The molecule has 2 aromatic heterocycles. The molecule has 0 fully saturated rings. The van der Waals surface area contributed by atoms with Gasteiger partial charge in [-0.25, -0.2) is 4.98 Å². The van der Waals surface area contributed by atoms with Gasteiger partial charge in [-0.15, -0.1) is 11.3 Å². The SMILES string of the molecule is Cc1ccc(Cn2cc(NC(=O)c3csc(Cl)n3)c3ccccc32)cc1. The van der Waals surface area contributed by atoms with Gasteiger partial charge in [0.15, 0.2) is 4.47 Å². The average molecular weight is 382 g/mol. The second-order valence-corrected chi connectivity index (χ2v) is 7.55. The Morgan fingerprint density at radius 1 is 1.19 bits per heavy atom. The van der Waals surface area contributed by atoms with E-state index < -0.39 is 0 Å². The lowest BCUT2D eigenvalue weighted by atomic mass is 10.1. The van der Waals surface area contributed by atoms with Gasteiger partial charge in [0.25, 0.3) is 5.91 Å². The third-order valence-electron chi connectivity index (χ3n) is 4.22. The van der Waals surface area contributed by atoms with E-state index in [1.807, 2.05) is 24.4 Å². The predicted octanol–water partition coefficient (Wildman–Crippen LogP) is 5.36. The molecule has 4 nitrogen and oxygen atoms in total. The first kappa shape index (κ1) is 16.8. The largest absolute Gasteiger partial charge is 0.341 e. The van der Waals surface area contributed by atoms with Crippen molar-refractivity contribution < 1.29 is 4.79 Å². The molecule has 0 radical (unpaired) electrons. The van der Waals surface area contributed by atoms with Crippen LogP contribution in [0, 0.1) is 6.92 Å². The van der Waals surface area contributed by atoms with Crippen molar-refractivity contribution in [2.24, 2.45) is 0 Å². The van der Waals surface area contributed by atoms with Crippen molar-refractivity contribution in [2.75, 3.05) is 5.32 Å². The molecule has 0 aliphatic rings. The molecule has 0 bridgehead atoms. The fourth-order valence-corrected chi connectivity index (χ4v) is 3.65. The number of amides is 1. The van der Waals surface area contributed by atoms with Gasteiger partial charge in [-0.3, -0.25) is 4.79 Å². The lowest BCUT2D eigenvalue weighted by molar-refractivity contribution is 0.102. The Kier molecular flexibility index (Phi) is 4.49. The molecule has 1 amide bonds. The van der Waals surface area contributed by atoms with Gasteiger partial charge in [0, 0.05) is 23.5 Å². The summed E-state index contributed by atoms with van der Waals surface area (Å²) in [5, 5.41) is 5.61. The van der Waals surface area contributed by atoms with Crippen LogP contribution in [0.25, 0.3) is 10.9 Å². The molecule has 6 heteroatoms. The molecule has 1 N–H and O–H groups in total. The van der Waals surface area contributed by atoms with Crippen LogP contribution in [0.5, 0.6) is 0 Å². The molecule has 0 spiro atoms. The van der Waals surface area contributed by atoms with E-state index in [0.717, 1.165) is 23.1 Å². The number of thiazole rings is 1. The Morgan fingerprint density at radius 2 is 1.96 bits per heavy atom. The summed E-state index contributed by atoms with van der Waals surface area (Å²) in [6.45, 7) is 2.81. The molecule has 0 aliphatic carbocycles. The summed E-state index contributed by atoms with van der Waals surface area (Å²) in [6, 6.07) is 16.5. The highest BCUT2D eigenvalue weighted by Crippen LogP contribution is 2.27. The van der Waals surface area contributed by atoms with Gasteiger partial charge in [-0.05, 0) is 18.6 Å². The molecule has 4 rings (SSSR count). The number of hydrogen-bond acceptors (Lipinski definition) is 3. The number of carbonyl (C=O) groups is 1. The third-order valence-corrected chi connectivity index (χ3v) is 5.20. The summed E-state index contributed by atoms with van der Waals surface area (Å²) in [4.78, 5) is 16.5. The Balaban J connectivity index is 1.67. The van der Waals surface area contributed by atoms with Crippen molar-refractivity contribution >= 4 is 45.4 Å². The van der Waals surface area contributed by atoms with E-state index in [1.54, 1.807) is 5.38 Å². The number of carbonyl (C=O) groups excluding carboxylic acids is 1. The summed E-state index contributed by atoms with van der Waals surface area (Å²) >= 11 is 7.07. The van der Waals surface area contributed by atoms with Crippen LogP contribution in [0.15, 0.2) is 60.1 Å². The number of fused-ring (bicyclic) bond motifs is 1. The fraction of sp³-hybridized carbons (Fsp3) is 0.100. The number of anilines is 1. The van der Waals surface area contributed by atoms with Crippen molar-refractivity contribution in [3.05, 3.63) is 81.4 Å². The highest BCUT2D eigenvalue weighted by Gasteiger charge is 2.14. The first-order chi connectivity index (χ1) is 12.6. The third kappa shape index (κ3) is 3.36. The lowest BCUT2D eigenvalue weighted by Crippen LogP contribution is -2.12. The molecular weight excluding hydrogens is 366 g/mol. The molecule has 0 atom stereocenters. The molecule has 0 saturated carbocycles. The van der Waals surface area contributed by atoms with Crippen LogP contribution < -0.4 is 5.32 Å². The van der Waals surface area contributed by atoms with Gasteiger partial charge in [0.2, 0.25) is 0 Å². The molecular formula is C20H16ClN3OS. The molecule has 4 aromatic rings. The number of aryl methyl sites for hydroxylation is 1. The van der Waals surface area contributed by atoms with Crippen LogP contribution in [0.1, 0.15) is 21.6 Å². The van der Waals surface area contributed by atoms with Gasteiger partial charge in [0.1, 0.15) is 5.69 Å². The molecule has 0 aliphatic heterocycles. The maximum absolute atomic E-state index is 12.4. The highest BCUT2D eigenvalue weighted by molar-refractivity contribution is 7.14. The van der Waals surface area contributed by atoms with Crippen molar-refractivity contribution in [2.45, 2.75) is 13.5 Å². The monoisotopic (exact) mass is 381 g/mol. The Bertz CT molecular complexity index is 1080. The van der Waals surface area contributed by atoms with E-state index >= 15 is 0 Å². The Labute approximate surface area is 160 Å². The molecule has 0 saturated heterocycles. The number of halogens is 1. The second-order valence-electron chi connectivity index (χ2n) is 6.11. The first-order valence-corrected chi connectivity index (χ1v) is 9.42. The van der Waals surface area contributed by atoms with Crippen LogP contribution in [-0.4, -0.2) is 15.5 Å². The highest BCUT2D eigenvalue weighted by atomic mass is 35.5. The quantitative estimate of drug-likeness (QED) is 0.517. The number of aromatic nitrogens is 2. The van der Waals surface area contributed by atoms with E-state index in [0.29, 0.717) is 10.2 Å². The minimum Gasteiger partial charge on any atom is -0.341 e. The van der Waals surface area contributed by atoms with Gasteiger partial charge >= 0.3 is 0 Å². The van der Waals surface area contributed by atoms with Crippen LogP contribution in [-0.2, 0) is 6.54 Å². The van der Waals surface area contributed by atoms with Gasteiger partial charge in [-0.1, -0.05) is 59.6 Å². The van der Waals surface area contributed by atoms with Gasteiger partial charge in [0.05, 0.1) is 11.2 Å². The lowest BCUT2D eigenvalue weighted by Gasteiger charge is -2.05. The topological polar surface area (TPSA) is 46.9 Å². The summed E-state index contributed by atoms with van der Waals surface area (Å²) in [5.74, 6) is -0.258. The van der Waals surface area contributed by atoms with Crippen LogP contribution in [0.4, 0.5) is 5.69 Å². The van der Waals surface area contributed by atoms with Crippen molar-refractivity contribution in [1.82, 2.24) is 9.55 Å². The molecule has 2 heterocycles. The molecule has 2 aromatic carbocycles. The Morgan fingerprint density at radius 3 is 2.69 bits per heavy atom. The first-order valence-electron chi connectivity index (χ1n) is 8.16. The molecule has 130 valence electrons. The van der Waals surface area contributed by atoms with E-state index in [-0.39, 0.29) is 5.91 Å². The van der Waals surface area contributed by atoms with E-state index in [9.17, 15) is 4.79 Å². The Hall–Kier alpha value is -2.63. The van der Waals surface area contributed by atoms with E-state index in [4.69, 9.17) is 11.6 Å². The van der Waals surface area contributed by atoms with Crippen LogP contribution in [0.3, 0.4) is 0 Å². The van der Waals surface area contributed by atoms with Crippen LogP contribution >= 0.6 is 22.9 Å². The van der Waals surface area contributed by atoms with E-state index in [1.165, 1.54) is 22.5 Å². The van der Waals surface area contributed by atoms with Crippen LogP contribution in [0.2, 0.25) is 4.47 Å². The van der Waals surface area contributed by atoms with Crippen molar-refractivity contribution in [3.63, 3.8) is 0 Å². The summed E-state index contributed by atoms with van der Waals surface area (Å²) < 4.78 is 2.50. The zero-order chi connectivity index (χ0) is 18.1. The van der Waals surface area contributed by atoms with E-state index in [2.05, 4.69) is 52.1 Å². The normalized spacial score (nSPS) is 11.0. The zero-order valence-electron chi connectivity index (χ0n) is 14.1. The van der Waals surface area contributed by atoms with Gasteiger partial charge in [-0.2, -0.15) is 0 Å². The average Bonchev–Trinajstić information content (AvgIpc) is 3.22. The zero-order valence-corrected chi connectivity index (χ0v) is 15.6. The number of hydrogen-bond donors (Lipinski definition) is 1. The number of para-hydroxylation sites is 1. The fourth-order valence-electron chi connectivity index (χ4n) is 2.91. The maximum atomic E-state index is 12.4. The summed E-state index contributed by atoms with van der Waals surface area (Å²) in [7, 11) is 0. The second kappa shape index (κ2) is 6.94. The van der Waals surface area contributed by atoms with Crippen molar-refractivity contribution in [3.8, 4) is 0 Å². The number of rotatable bonds is 4. The van der Waals surface area contributed by atoms with Gasteiger partial charge < -0.3 is 9.88 Å². The minimum atomic E-state index is -0.258. The summed E-state index contributed by atoms with van der Waals surface area (Å²) in [6.07, 6.45) is 1.97. The van der Waals surface area contributed by atoms with Crippen molar-refractivity contribution in [1.29, 1.82) is 0 Å². The maximum Gasteiger partial charge on any atom is 0.275 e. The number of benzene rings is 2. The minimum absolute atomic E-state index is 0.258. The standard InChI is InChI=1S/C20H16ClN3OS/c1-13-6-8-14(9-7-13)10-24-11-16(15-4-2-3-5-18(15)24)22-19(25)17-12-26-20(21)23-17/h2-9,11-12H,10H2,1H3,(H,22,25). The smallest absolute Gasteiger partial charge is 0.275 e. The molecule has 26 heavy (non-hydrogen) atoms. The predicted molar refractivity (Wildman–Crippen MR) is 107 cm³/mol. The number of nitrogens with one attached hydrogen (secondary N) is 1. The molecule has 0 unspecified atom stereocenters.